The standard InChI is InChI=1S/C16H23N3O3S/c17-23(21,22)12-13-5-8-19(9-13)16(20)11-18-7-6-14-3-1-2-4-15(14)10-18/h1-4,13H,5-12H2,(H2,17,21,22)/t13-/m0/s1. The van der Waals surface area contributed by atoms with Gasteiger partial charge in [-0.1, -0.05) is 24.3 Å². The molecule has 0 saturated carbocycles. The number of rotatable bonds is 4. The number of primary sulfonamides is 1. The maximum absolute atomic E-state index is 12.4. The summed E-state index contributed by atoms with van der Waals surface area (Å²) in [6.07, 6.45) is 1.68. The van der Waals surface area contributed by atoms with Crippen molar-refractivity contribution in [3.05, 3.63) is 35.4 Å². The van der Waals surface area contributed by atoms with Gasteiger partial charge < -0.3 is 4.90 Å². The molecule has 23 heavy (non-hydrogen) atoms. The zero-order valence-electron chi connectivity index (χ0n) is 13.1. The number of likely N-dealkylation sites (tertiary alicyclic amines) is 1. The van der Waals surface area contributed by atoms with E-state index in [2.05, 4.69) is 23.1 Å². The fourth-order valence-corrected chi connectivity index (χ4v) is 4.43. The first-order valence-corrected chi connectivity index (χ1v) is 9.69. The van der Waals surface area contributed by atoms with Crippen LogP contribution in [-0.4, -0.2) is 56.1 Å². The summed E-state index contributed by atoms with van der Waals surface area (Å²) < 4.78 is 22.3. The highest BCUT2D eigenvalue weighted by Gasteiger charge is 2.30. The second-order valence-electron chi connectivity index (χ2n) is 6.55. The number of carbonyl (C=O) groups is 1. The Bertz CT molecular complexity index is 690. The molecule has 1 saturated heterocycles. The number of amides is 1. The minimum atomic E-state index is -3.47. The van der Waals surface area contributed by atoms with Gasteiger partial charge in [0, 0.05) is 26.2 Å². The highest BCUT2D eigenvalue weighted by molar-refractivity contribution is 7.89. The zero-order valence-corrected chi connectivity index (χ0v) is 14.0. The van der Waals surface area contributed by atoms with Crippen molar-refractivity contribution in [2.75, 3.05) is 31.9 Å². The summed E-state index contributed by atoms with van der Waals surface area (Å²) in [5.41, 5.74) is 2.66. The molecule has 1 amide bonds. The molecule has 1 atom stereocenters. The lowest BCUT2D eigenvalue weighted by atomic mass is 10.00. The zero-order chi connectivity index (χ0) is 16.4. The Labute approximate surface area is 137 Å². The third kappa shape index (κ3) is 4.31. The molecule has 0 spiro atoms. The summed E-state index contributed by atoms with van der Waals surface area (Å²) in [7, 11) is -3.47. The molecular weight excluding hydrogens is 314 g/mol. The van der Waals surface area contributed by atoms with E-state index in [-0.39, 0.29) is 17.6 Å². The van der Waals surface area contributed by atoms with Gasteiger partial charge >= 0.3 is 0 Å². The number of carbonyl (C=O) groups excluding carboxylic acids is 1. The van der Waals surface area contributed by atoms with Gasteiger partial charge in [-0.15, -0.1) is 0 Å². The van der Waals surface area contributed by atoms with Gasteiger partial charge in [0.2, 0.25) is 15.9 Å². The molecule has 1 aromatic rings. The van der Waals surface area contributed by atoms with Gasteiger partial charge in [0.15, 0.2) is 0 Å². The summed E-state index contributed by atoms with van der Waals surface area (Å²) >= 11 is 0. The minimum absolute atomic E-state index is 0.0315. The first-order valence-electron chi connectivity index (χ1n) is 7.98. The first-order chi connectivity index (χ1) is 10.9. The largest absolute Gasteiger partial charge is 0.341 e. The molecule has 0 unspecified atom stereocenters. The number of sulfonamides is 1. The lowest BCUT2D eigenvalue weighted by molar-refractivity contribution is -0.131. The molecule has 0 aliphatic carbocycles. The molecular formula is C16H23N3O3S. The van der Waals surface area contributed by atoms with Crippen molar-refractivity contribution < 1.29 is 13.2 Å². The van der Waals surface area contributed by atoms with Gasteiger partial charge in [0.05, 0.1) is 12.3 Å². The lowest BCUT2D eigenvalue weighted by Crippen LogP contribution is -2.41. The quantitative estimate of drug-likeness (QED) is 0.850. The van der Waals surface area contributed by atoms with Crippen molar-refractivity contribution >= 4 is 15.9 Å². The third-order valence-electron chi connectivity index (χ3n) is 4.68. The van der Waals surface area contributed by atoms with Crippen LogP contribution in [0.5, 0.6) is 0 Å². The number of fused-ring (bicyclic) bond motifs is 1. The minimum Gasteiger partial charge on any atom is -0.341 e. The molecule has 6 nitrogen and oxygen atoms in total. The van der Waals surface area contributed by atoms with Crippen LogP contribution in [0.3, 0.4) is 0 Å². The number of hydrogen-bond acceptors (Lipinski definition) is 4. The summed E-state index contributed by atoms with van der Waals surface area (Å²) in [6, 6.07) is 8.34. The van der Waals surface area contributed by atoms with Crippen LogP contribution in [0.2, 0.25) is 0 Å². The normalized spacial score (nSPS) is 22.1. The van der Waals surface area contributed by atoms with E-state index in [0.29, 0.717) is 26.1 Å². The second kappa shape index (κ2) is 6.59. The van der Waals surface area contributed by atoms with Gasteiger partial charge in [-0.25, -0.2) is 13.6 Å². The van der Waals surface area contributed by atoms with Crippen LogP contribution in [-0.2, 0) is 27.8 Å². The summed E-state index contributed by atoms with van der Waals surface area (Å²) in [5, 5.41) is 5.09. The predicted octanol–water partition coefficient (Wildman–Crippen LogP) is 0.182. The Kier molecular flexibility index (Phi) is 4.70. The Morgan fingerprint density at radius 1 is 1.22 bits per heavy atom. The van der Waals surface area contributed by atoms with Crippen LogP contribution in [0.4, 0.5) is 0 Å². The highest BCUT2D eigenvalue weighted by atomic mass is 32.2. The highest BCUT2D eigenvalue weighted by Crippen LogP contribution is 2.20. The van der Waals surface area contributed by atoms with E-state index in [4.69, 9.17) is 5.14 Å². The molecule has 0 aromatic heterocycles. The molecule has 2 aliphatic rings. The molecule has 7 heteroatoms. The van der Waals surface area contributed by atoms with Crippen molar-refractivity contribution in [1.82, 2.24) is 9.80 Å². The van der Waals surface area contributed by atoms with Crippen LogP contribution >= 0.6 is 0 Å². The fourth-order valence-electron chi connectivity index (χ4n) is 3.50. The van der Waals surface area contributed by atoms with E-state index in [1.54, 1.807) is 4.90 Å². The molecule has 126 valence electrons. The molecule has 0 bridgehead atoms. The van der Waals surface area contributed by atoms with Crippen LogP contribution in [0.25, 0.3) is 0 Å². The SMILES string of the molecule is NS(=O)(=O)C[C@H]1CCN(C(=O)CN2CCc3ccccc3C2)C1. The van der Waals surface area contributed by atoms with E-state index >= 15 is 0 Å². The van der Waals surface area contributed by atoms with Crippen molar-refractivity contribution in [3.8, 4) is 0 Å². The topological polar surface area (TPSA) is 83.7 Å². The monoisotopic (exact) mass is 337 g/mol. The summed E-state index contributed by atoms with van der Waals surface area (Å²) in [5.74, 6) is 0.0192. The number of hydrogen-bond donors (Lipinski definition) is 1. The predicted molar refractivity (Wildman–Crippen MR) is 88.1 cm³/mol. The molecule has 0 radical (unpaired) electrons. The smallest absolute Gasteiger partial charge is 0.236 e. The van der Waals surface area contributed by atoms with Crippen LogP contribution in [0, 0.1) is 5.92 Å². The van der Waals surface area contributed by atoms with Crippen LogP contribution in [0.1, 0.15) is 17.5 Å². The summed E-state index contributed by atoms with van der Waals surface area (Å²) in [4.78, 5) is 16.4. The maximum Gasteiger partial charge on any atom is 0.236 e. The Morgan fingerprint density at radius 3 is 2.70 bits per heavy atom. The average Bonchev–Trinajstić information content (AvgIpc) is 2.93. The van der Waals surface area contributed by atoms with Gasteiger partial charge in [-0.3, -0.25) is 9.69 Å². The molecule has 2 N–H and O–H groups in total. The lowest BCUT2D eigenvalue weighted by Gasteiger charge is -2.29. The third-order valence-corrected chi connectivity index (χ3v) is 5.61. The summed E-state index contributed by atoms with van der Waals surface area (Å²) in [6.45, 7) is 3.22. The number of benzene rings is 1. The van der Waals surface area contributed by atoms with E-state index in [0.717, 1.165) is 19.5 Å². The van der Waals surface area contributed by atoms with E-state index in [1.165, 1.54) is 11.1 Å². The van der Waals surface area contributed by atoms with Crippen molar-refractivity contribution in [3.63, 3.8) is 0 Å². The molecule has 2 heterocycles. The second-order valence-corrected chi connectivity index (χ2v) is 8.21. The van der Waals surface area contributed by atoms with E-state index < -0.39 is 10.0 Å². The maximum atomic E-state index is 12.4. The van der Waals surface area contributed by atoms with Crippen molar-refractivity contribution in [1.29, 1.82) is 0 Å². The molecule has 1 aromatic carbocycles. The fraction of sp³-hybridized carbons (Fsp3) is 0.562. The number of nitrogens with two attached hydrogens (primary N) is 1. The van der Waals surface area contributed by atoms with Crippen LogP contribution in [0.15, 0.2) is 24.3 Å². The Balaban J connectivity index is 1.53. The van der Waals surface area contributed by atoms with Crippen LogP contribution < -0.4 is 5.14 Å². The van der Waals surface area contributed by atoms with Crippen molar-refractivity contribution in [2.45, 2.75) is 19.4 Å². The molecule has 1 fully saturated rings. The van der Waals surface area contributed by atoms with E-state index in [1.807, 2.05) is 6.07 Å². The van der Waals surface area contributed by atoms with Gasteiger partial charge in [-0.2, -0.15) is 0 Å². The van der Waals surface area contributed by atoms with Gasteiger partial charge in [0.1, 0.15) is 0 Å². The Hall–Kier alpha value is -1.44. The number of nitrogens with zero attached hydrogens (tertiary/aromatic N) is 2. The molecule has 3 rings (SSSR count). The average molecular weight is 337 g/mol. The Morgan fingerprint density at radius 2 is 1.96 bits per heavy atom. The van der Waals surface area contributed by atoms with Gasteiger partial charge in [-0.05, 0) is 29.9 Å². The van der Waals surface area contributed by atoms with Gasteiger partial charge in [0.25, 0.3) is 0 Å². The van der Waals surface area contributed by atoms with E-state index in [9.17, 15) is 13.2 Å². The van der Waals surface area contributed by atoms with Crippen molar-refractivity contribution in [2.24, 2.45) is 11.1 Å². The first kappa shape index (κ1) is 16.4. The molecule has 2 aliphatic heterocycles.